The number of carbonyl (C=O) groups excluding carboxylic acids is 1. The molecule has 0 heterocycles. The quantitative estimate of drug-likeness (QED) is 0.372. The van der Waals surface area contributed by atoms with Crippen LogP contribution in [0, 0.1) is 20.2 Å². The average Bonchev–Trinajstić information content (AvgIpc) is 2.69. The van der Waals surface area contributed by atoms with Crippen molar-refractivity contribution < 1.29 is 19.4 Å². The minimum atomic E-state index is -0.580. The lowest BCUT2D eigenvalue weighted by Crippen LogP contribution is -2.26. The lowest BCUT2D eigenvalue weighted by Gasteiger charge is -2.18. The number of methoxy groups -OCH3 is 1. The molecule has 0 atom stereocenters. The number of benzene rings is 2. The molecule has 1 amide bonds. The summed E-state index contributed by atoms with van der Waals surface area (Å²) in [6, 6.07) is 8.05. The van der Waals surface area contributed by atoms with Crippen LogP contribution >= 0.6 is 11.6 Å². The number of carbonyl (C=O) groups is 1. The van der Waals surface area contributed by atoms with Gasteiger partial charge in [-0.05, 0) is 23.8 Å². The first kappa shape index (κ1) is 22.1. The van der Waals surface area contributed by atoms with Crippen molar-refractivity contribution in [1.29, 1.82) is 0 Å². The summed E-state index contributed by atoms with van der Waals surface area (Å²) in [6.45, 7) is 0.737. The smallest absolute Gasteiger partial charge is 0.293 e. The van der Waals surface area contributed by atoms with Gasteiger partial charge in [-0.3, -0.25) is 25.0 Å². The summed E-state index contributed by atoms with van der Waals surface area (Å²) in [4.78, 5) is 35.2. The molecule has 0 aliphatic heterocycles. The van der Waals surface area contributed by atoms with Gasteiger partial charge in [0.1, 0.15) is 5.69 Å². The maximum Gasteiger partial charge on any atom is 0.293 e. The van der Waals surface area contributed by atoms with Gasteiger partial charge in [-0.25, -0.2) is 0 Å². The van der Waals surface area contributed by atoms with E-state index in [2.05, 4.69) is 5.32 Å². The Labute approximate surface area is 171 Å². The highest BCUT2D eigenvalue weighted by molar-refractivity contribution is 6.31. The molecule has 0 spiro atoms. The van der Waals surface area contributed by atoms with E-state index in [9.17, 15) is 25.0 Å². The Morgan fingerprint density at radius 1 is 1.17 bits per heavy atom. The van der Waals surface area contributed by atoms with E-state index in [0.717, 1.165) is 0 Å². The van der Waals surface area contributed by atoms with Crippen LogP contribution in [-0.2, 0) is 11.3 Å². The van der Waals surface area contributed by atoms with E-state index in [1.165, 1.54) is 55.5 Å². The lowest BCUT2D eigenvalue weighted by atomic mass is 10.1. The summed E-state index contributed by atoms with van der Waals surface area (Å²) in [7, 11) is 3.00. The van der Waals surface area contributed by atoms with Crippen LogP contribution < -0.4 is 5.32 Å². The summed E-state index contributed by atoms with van der Waals surface area (Å²) >= 11 is 6.08. The third-order valence-corrected chi connectivity index (χ3v) is 4.43. The van der Waals surface area contributed by atoms with Crippen LogP contribution in [-0.4, -0.2) is 48.0 Å². The molecule has 0 unspecified atom stereocenters. The van der Waals surface area contributed by atoms with Gasteiger partial charge >= 0.3 is 0 Å². The molecule has 0 aromatic heterocycles. The topological polar surface area (TPSA) is 128 Å². The van der Waals surface area contributed by atoms with Crippen LogP contribution in [0.3, 0.4) is 0 Å². The number of non-ortho nitro benzene ring substituents is 1. The molecule has 0 saturated carbocycles. The molecule has 2 aromatic carbocycles. The highest BCUT2D eigenvalue weighted by atomic mass is 35.5. The van der Waals surface area contributed by atoms with E-state index in [1.807, 2.05) is 0 Å². The second-order valence-corrected chi connectivity index (χ2v) is 6.51. The van der Waals surface area contributed by atoms with E-state index in [0.29, 0.717) is 18.7 Å². The number of nitro groups is 2. The van der Waals surface area contributed by atoms with E-state index in [4.69, 9.17) is 16.3 Å². The molecule has 11 heteroatoms. The zero-order chi connectivity index (χ0) is 21.6. The molecule has 0 aliphatic carbocycles. The van der Waals surface area contributed by atoms with Crippen LogP contribution in [0.4, 0.5) is 17.1 Å². The Hall–Kier alpha value is -3.24. The first-order valence-corrected chi connectivity index (χ1v) is 8.82. The number of rotatable bonds is 9. The monoisotopic (exact) mass is 422 g/mol. The van der Waals surface area contributed by atoms with Gasteiger partial charge in [0.2, 0.25) is 0 Å². The molecule has 0 saturated heterocycles. The fraction of sp³-hybridized carbons (Fsp3) is 0.278. The molecule has 10 nitrogen and oxygen atoms in total. The molecule has 0 aliphatic rings. The van der Waals surface area contributed by atoms with Crippen LogP contribution in [0.15, 0.2) is 36.4 Å². The van der Waals surface area contributed by atoms with Gasteiger partial charge in [-0.1, -0.05) is 11.6 Å². The summed E-state index contributed by atoms with van der Waals surface area (Å²) in [5.74, 6) is -0.487. The van der Waals surface area contributed by atoms with Crippen LogP contribution in [0.1, 0.15) is 15.9 Å². The van der Waals surface area contributed by atoms with Crippen molar-refractivity contribution in [3.05, 3.63) is 72.8 Å². The normalized spacial score (nSPS) is 10.4. The predicted molar refractivity (Wildman–Crippen MR) is 107 cm³/mol. The van der Waals surface area contributed by atoms with Gasteiger partial charge in [0.15, 0.2) is 0 Å². The number of nitro benzene ring substituents is 2. The molecule has 0 fully saturated rings. The zero-order valence-corrected chi connectivity index (χ0v) is 16.5. The van der Waals surface area contributed by atoms with Gasteiger partial charge in [0.25, 0.3) is 17.3 Å². The van der Waals surface area contributed by atoms with Gasteiger partial charge in [0.05, 0.1) is 16.5 Å². The molecule has 29 heavy (non-hydrogen) atoms. The summed E-state index contributed by atoms with van der Waals surface area (Å²) in [5, 5.41) is 25.5. The van der Waals surface area contributed by atoms with Crippen molar-refractivity contribution >= 4 is 34.6 Å². The Morgan fingerprint density at radius 2 is 1.90 bits per heavy atom. The Morgan fingerprint density at radius 3 is 2.52 bits per heavy atom. The minimum Gasteiger partial charge on any atom is -0.383 e. The molecular weight excluding hydrogens is 404 g/mol. The average molecular weight is 423 g/mol. The number of amides is 1. The second kappa shape index (κ2) is 9.80. The van der Waals surface area contributed by atoms with Crippen molar-refractivity contribution in [3.8, 4) is 0 Å². The zero-order valence-electron chi connectivity index (χ0n) is 15.8. The highest BCUT2D eigenvalue weighted by Gasteiger charge is 2.21. The van der Waals surface area contributed by atoms with Crippen LogP contribution in [0.5, 0.6) is 0 Å². The predicted octanol–water partition coefficient (Wildman–Crippen LogP) is 3.49. The number of nitrogens with zero attached hydrogens (tertiary/aromatic N) is 3. The fourth-order valence-corrected chi connectivity index (χ4v) is 2.77. The lowest BCUT2D eigenvalue weighted by molar-refractivity contribution is -0.384. The third-order valence-electron chi connectivity index (χ3n) is 4.06. The summed E-state index contributed by atoms with van der Waals surface area (Å²) in [6.07, 6.45) is 0. The third kappa shape index (κ3) is 5.62. The number of hydrogen-bond acceptors (Lipinski definition) is 7. The van der Waals surface area contributed by atoms with Gasteiger partial charge in [-0.2, -0.15) is 0 Å². The van der Waals surface area contributed by atoms with Crippen molar-refractivity contribution in [2.24, 2.45) is 0 Å². The maximum atomic E-state index is 12.7. The van der Waals surface area contributed by atoms with Gasteiger partial charge < -0.3 is 15.0 Å². The Balaban J connectivity index is 2.23. The van der Waals surface area contributed by atoms with Crippen molar-refractivity contribution in [2.75, 3.05) is 32.6 Å². The van der Waals surface area contributed by atoms with E-state index in [-0.39, 0.29) is 34.2 Å². The molecule has 2 rings (SSSR count). The standard InChI is InChI=1S/C18H19ClN4O6/c1-21(11-13-9-14(22(25)26)4-5-15(13)19)18(24)12-3-6-16(20-7-8-29-2)17(10-12)23(27)28/h3-6,9-10,20H,7-8,11H2,1-2H3. The minimum absolute atomic E-state index is 0.000977. The van der Waals surface area contributed by atoms with E-state index >= 15 is 0 Å². The molecule has 154 valence electrons. The second-order valence-electron chi connectivity index (χ2n) is 6.10. The molecule has 0 radical (unpaired) electrons. The number of halogens is 1. The van der Waals surface area contributed by atoms with E-state index in [1.54, 1.807) is 0 Å². The number of ether oxygens (including phenoxy) is 1. The summed E-state index contributed by atoms with van der Waals surface area (Å²) in [5.41, 5.74) is 0.385. The Kier molecular flexibility index (Phi) is 7.46. The number of anilines is 1. The molecule has 1 N–H and O–H groups in total. The van der Waals surface area contributed by atoms with E-state index < -0.39 is 15.8 Å². The van der Waals surface area contributed by atoms with Gasteiger partial charge in [0, 0.05) is 56.0 Å². The number of hydrogen-bond donors (Lipinski definition) is 1. The maximum absolute atomic E-state index is 12.7. The number of nitrogens with one attached hydrogen (secondary N) is 1. The van der Waals surface area contributed by atoms with Crippen molar-refractivity contribution in [2.45, 2.75) is 6.54 Å². The van der Waals surface area contributed by atoms with Crippen molar-refractivity contribution in [1.82, 2.24) is 4.90 Å². The summed E-state index contributed by atoms with van der Waals surface area (Å²) < 4.78 is 4.90. The molecule has 2 aromatic rings. The fourth-order valence-electron chi connectivity index (χ4n) is 2.60. The highest BCUT2D eigenvalue weighted by Crippen LogP contribution is 2.27. The van der Waals surface area contributed by atoms with Crippen molar-refractivity contribution in [3.63, 3.8) is 0 Å². The Bertz CT molecular complexity index is 937. The molecular formula is C18H19ClN4O6. The van der Waals surface area contributed by atoms with Crippen LogP contribution in [0.2, 0.25) is 5.02 Å². The molecule has 0 bridgehead atoms. The van der Waals surface area contributed by atoms with Crippen LogP contribution in [0.25, 0.3) is 0 Å². The SMILES string of the molecule is COCCNc1ccc(C(=O)N(C)Cc2cc([N+](=O)[O-])ccc2Cl)cc1[N+](=O)[O-]. The first-order valence-electron chi connectivity index (χ1n) is 8.44. The first-order chi connectivity index (χ1) is 13.7. The van der Waals surface area contributed by atoms with Gasteiger partial charge in [-0.15, -0.1) is 0 Å². The largest absolute Gasteiger partial charge is 0.383 e.